The molecule has 0 amide bonds. The zero-order valence-corrected chi connectivity index (χ0v) is 10.4. The number of aromatic nitrogens is 1. The molecule has 0 aliphatic rings. The number of benzene rings is 1. The van der Waals surface area contributed by atoms with E-state index in [-0.39, 0.29) is 5.69 Å². The average Bonchev–Trinajstić information content (AvgIpc) is 2.36. The number of hydrogen-bond donors (Lipinski definition) is 1. The molecule has 0 bridgehead atoms. The molecule has 0 saturated heterocycles. The Morgan fingerprint density at radius 3 is 2.50 bits per heavy atom. The summed E-state index contributed by atoms with van der Waals surface area (Å²) in [7, 11) is 0. The van der Waals surface area contributed by atoms with E-state index in [0.29, 0.717) is 5.56 Å². The van der Waals surface area contributed by atoms with Crippen LogP contribution in [0.5, 0.6) is 0 Å². The summed E-state index contributed by atoms with van der Waals surface area (Å²) in [5.41, 5.74) is -1.85. The largest absolute Gasteiger partial charge is 0.417 e. The molecule has 1 heterocycles. The monoisotopic (exact) mass is 278 g/mol. The molecule has 1 aromatic heterocycles. The Morgan fingerprint density at radius 2 is 1.95 bits per heavy atom. The molecule has 6 heteroatoms. The van der Waals surface area contributed by atoms with Crippen molar-refractivity contribution in [3.63, 3.8) is 0 Å². The van der Waals surface area contributed by atoms with Gasteiger partial charge in [-0.25, -0.2) is 0 Å². The van der Waals surface area contributed by atoms with Gasteiger partial charge < -0.3 is 4.98 Å². The Hall–Kier alpha value is -2.55. The maximum Gasteiger partial charge on any atom is 0.417 e. The average molecular weight is 278 g/mol. The zero-order chi connectivity index (χ0) is 14.9. The van der Waals surface area contributed by atoms with E-state index < -0.39 is 22.9 Å². The molecule has 0 aliphatic carbocycles. The van der Waals surface area contributed by atoms with Gasteiger partial charge in [0.25, 0.3) is 5.56 Å². The molecule has 1 N–H and O–H groups in total. The van der Waals surface area contributed by atoms with Crippen LogP contribution >= 0.6 is 0 Å². The summed E-state index contributed by atoms with van der Waals surface area (Å²) in [6, 6.07) is 8.78. The van der Waals surface area contributed by atoms with Gasteiger partial charge in [0.15, 0.2) is 0 Å². The molecule has 0 unspecified atom stereocenters. The van der Waals surface area contributed by atoms with E-state index in [0.717, 1.165) is 11.6 Å². The summed E-state index contributed by atoms with van der Waals surface area (Å²) in [5.74, 6) is 0. The molecule has 0 atom stereocenters. The number of hydrogen-bond acceptors (Lipinski definition) is 2. The van der Waals surface area contributed by atoms with Crippen molar-refractivity contribution < 1.29 is 13.2 Å². The standard InChI is InChI=1S/C14H9F3N2O/c1-8-3-2-4-9(5-8)12-6-11(14(15,16)17)10(7-18)13(20)19-12/h2-6H,1H3,(H,19,20). The molecule has 3 nitrogen and oxygen atoms in total. The van der Waals surface area contributed by atoms with Crippen LogP contribution < -0.4 is 5.56 Å². The lowest BCUT2D eigenvalue weighted by Gasteiger charge is -2.10. The van der Waals surface area contributed by atoms with Crippen LogP contribution in [0.15, 0.2) is 35.1 Å². The normalized spacial score (nSPS) is 11.2. The van der Waals surface area contributed by atoms with E-state index in [1.54, 1.807) is 31.2 Å². The topological polar surface area (TPSA) is 56.6 Å². The number of H-pyrrole nitrogens is 1. The molecule has 0 fully saturated rings. The third kappa shape index (κ3) is 2.57. The van der Waals surface area contributed by atoms with Gasteiger partial charge in [0.05, 0.1) is 5.56 Å². The van der Waals surface area contributed by atoms with Crippen LogP contribution in [0.1, 0.15) is 16.7 Å². The second kappa shape index (κ2) is 4.85. The SMILES string of the molecule is Cc1cccc(-c2cc(C(F)(F)F)c(C#N)c(=O)[nH]2)c1. The maximum atomic E-state index is 12.9. The second-order valence-corrected chi connectivity index (χ2v) is 4.28. The number of aryl methyl sites for hydroxylation is 1. The zero-order valence-electron chi connectivity index (χ0n) is 10.4. The van der Waals surface area contributed by atoms with Crippen LogP contribution in [-0.2, 0) is 6.18 Å². The summed E-state index contributed by atoms with van der Waals surface area (Å²) in [6.07, 6.45) is -4.75. The van der Waals surface area contributed by atoms with Crippen molar-refractivity contribution in [3.8, 4) is 17.3 Å². The van der Waals surface area contributed by atoms with E-state index in [1.807, 2.05) is 0 Å². The van der Waals surface area contributed by atoms with Crippen molar-refractivity contribution in [1.82, 2.24) is 4.98 Å². The predicted molar refractivity (Wildman–Crippen MR) is 67.0 cm³/mol. The van der Waals surface area contributed by atoms with Crippen LogP contribution in [-0.4, -0.2) is 4.98 Å². The number of nitrogens with one attached hydrogen (secondary N) is 1. The van der Waals surface area contributed by atoms with Gasteiger partial charge in [-0.15, -0.1) is 0 Å². The lowest BCUT2D eigenvalue weighted by atomic mass is 10.0. The Morgan fingerprint density at radius 1 is 1.25 bits per heavy atom. The number of nitriles is 1. The highest BCUT2D eigenvalue weighted by molar-refractivity contribution is 5.62. The molecule has 2 rings (SSSR count). The molecule has 0 radical (unpaired) electrons. The van der Waals surface area contributed by atoms with Crippen LogP contribution in [0.2, 0.25) is 0 Å². The summed E-state index contributed by atoms with van der Waals surface area (Å²) >= 11 is 0. The van der Waals surface area contributed by atoms with Gasteiger partial charge in [-0.3, -0.25) is 4.79 Å². The predicted octanol–water partition coefficient (Wildman–Crippen LogP) is 3.24. The Balaban J connectivity index is 2.73. The smallest absolute Gasteiger partial charge is 0.321 e. The van der Waals surface area contributed by atoms with Crippen molar-refractivity contribution in [2.75, 3.05) is 0 Å². The summed E-state index contributed by atoms with van der Waals surface area (Å²) < 4.78 is 38.7. The van der Waals surface area contributed by atoms with Gasteiger partial charge in [-0.1, -0.05) is 23.8 Å². The van der Waals surface area contributed by atoms with Crippen LogP contribution in [0.4, 0.5) is 13.2 Å². The molecule has 1 aromatic carbocycles. The van der Waals surface area contributed by atoms with E-state index in [1.165, 1.54) is 6.07 Å². The number of pyridine rings is 1. The molecule has 0 saturated carbocycles. The van der Waals surface area contributed by atoms with Gasteiger partial charge in [0.1, 0.15) is 11.6 Å². The van der Waals surface area contributed by atoms with Crippen molar-refractivity contribution in [1.29, 1.82) is 5.26 Å². The first-order valence-corrected chi connectivity index (χ1v) is 5.64. The summed E-state index contributed by atoms with van der Waals surface area (Å²) in [4.78, 5) is 13.9. The van der Waals surface area contributed by atoms with E-state index >= 15 is 0 Å². The minimum Gasteiger partial charge on any atom is -0.321 e. The van der Waals surface area contributed by atoms with E-state index in [9.17, 15) is 18.0 Å². The minimum absolute atomic E-state index is 0.0324. The van der Waals surface area contributed by atoms with Gasteiger partial charge >= 0.3 is 6.18 Å². The lowest BCUT2D eigenvalue weighted by Crippen LogP contribution is -2.19. The van der Waals surface area contributed by atoms with E-state index in [4.69, 9.17) is 5.26 Å². The molecule has 0 spiro atoms. The quantitative estimate of drug-likeness (QED) is 0.870. The van der Waals surface area contributed by atoms with Gasteiger partial charge in [0.2, 0.25) is 0 Å². The number of alkyl halides is 3. The van der Waals surface area contributed by atoms with Gasteiger partial charge in [-0.05, 0) is 24.6 Å². The fourth-order valence-corrected chi connectivity index (χ4v) is 1.86. The number of rotatable bonds is 1. The summed E-state index contributed by atoms with van der Waals surface area (Å²) in [5, 5.41) is 8.70. The molecule has 0 aliphatic heterocycles. The molecular weight excluding hydrogens is 269 g/mol. The highest BCUT2D eigenvalue weighted by atomic mass is 19.4. The molecular formula is C14H9F3N2O. The second-order valence-electron chi connectivity index (χ2n) is 4.28. The molecule has 102 valence electrons. The molecule has 2 aromatic rings. The Bertz CT molecular complexity index is 754. The highest BCUT2D eigenvalue weighted by Gasteiger charge is 2.35. The maximum absolute atomic E-state index is 12.9. The van der Waals surface area contributed by atoms with Crippen molar-refractivity contribution >= 4 is 0 Å². The fourth-order valence-electron chi connectivity index (χ4n) is 1.86. The highest BCUT2D eigenvalue weighted by Crippen LogP contribution is 2.32. The Kier molecular flexibility index (Phi) is 3.36. The number of aromatic amines is 1. The van der Waals surface area contributed by atoms with Crippen molar-refractivity contribution in [3.05, 3.63) is 57.4 Å². The third-order valence-electron chi connectivity index (χ3n) is 2.78. The van der Waals surface area contributed by atoms with Crippen LogP contribution in [0.3, 0.4) is 0 Å². The first-order valence-electron chi connectivity index (χ1n) is 5.64. The van der Waals surface area contributed by atoms with Gasteiger partial charge in [-0.2, -0.15) is 18.4 Å². The number of nitrogens with zero attached hydrogens (tertiary/aromatic N) is 1. The van der Waals surface area contributed by atoms with Gasteiger partial charge in [0, 0.05) is 5.69 Å². The van der Waals surface area contributed by atoms with Crippen LogP contribution in [0, 0.1) is 18.3 Å². The minimum atomic E-state index is -4.75. The fraction of sp³-hybridized carbons (Fsp3) is 0.143. The first-order chi connectivity index (χ1) is 9.32. The van der Waals surface area contributed by atoms with E-state index in [2.05, 4.69) is 4.98 Å². The summed E-state index contributed by atoms with van der Waals surface area (Å²) in [6.45, 7) is 1.79. The van der Waals surface area contributed by atoms with Crippen LogP contribution in [0.25, 0.3) is 11.3 Å². The molecule has 20 heavy (non-hydrogen) atoms. The Labute approximate surface area is 112 Å². The lowest BCUT2D eigenvalue weighted by molar-refractivity contribution is -0.137. The number of halogens is 3. The van der Waals surface area contributed by atoms with Crippen molar-refractivity contribution in [2.24, 2.45) is 0 Å². The van der Waals surface area contributed by atoms with Crippen molar-refractivity contribution in [2.45, 2.75) is 13.1 Å². The first kappa shape index (κ1) is 13.9. The third-order valence-corrected chi connectivity index (χ3v) is 2.78.